The molecule has 2 amide bonds. The summed E-state index contributed by atoms with van der Waals surface area (Å²) in [7, 11) is 0. The number of fused-ring (bicyclic) bond motifs is 1. The van der Waals surface area contributed by atoms with Gasteiger partial charge in [0.05, 0.1) is 5.56 Å². The maximum atomic E-state index is 13.4. The molecule has 3 aromatic rings. The minimum Gasteiger partial charge on any atom is -0.508 e. The molecule has 0 bridgehead atoms. The molecule has 5 heteroatoms. The summed E-state index contributed by atoms with van der Waals surface area (Å²) in [5, 5.41) is 13.0. The van der Waals surface area contributed by atoms with Gasteiger partial charge in [0.15, 0.2) is 0 Å². The smallest absolute Gasteiger partial charge is 0.255 e. The molecule has 1 aliphatic heterocycles. The highest BCUT2D eigenvalue weighted by Crippen LogP contribution is 2.40. The van der Waals surface area contributed by atoms with E-state index in [9.17, 15) is 14.7 Å². The fraction of sp³-hybridized carbons (Fsp3) is 0.200. The molecule has 0 saturated heterocycles. The van der Waals surface area contributed by atoms with Gasteiger partial charge in [-0.1, -0.05) is 60.7 Å². The zero-order valence-corrected chi connectivity index (χ0v) is 17.1. The Morgan fingerprint density at radius 2 is 1.73 bits per heavy atom. The second-order valence-corrected chi connectivity index (χ2v) is 7.43. The Bertz CT molecular complexity index is 1110. The highest BCUT2D eigenvalue weighted by Gasteiger charge is 2.42. The predicted molar refractivity (Wildman–Crippen MR) is 116 cm³/mol. The number of benzene rings is 3. The molecule has 0 spiro atoms. The summed E-state index contributed by atoms with van der Waals surface area (Å²) in [6.07, 6.45) is 0. The van der Waals surface area contributed by atoms with E-state index in [2.05, 4.69) is 5.32 Å². The van der Waals surface area contributed by atoms with Gasteiger partial charge in [0.25, 0.3) is 5.91 Å². The van der Waals surface area contributed by atoms with Crippen molar-refractivity contribution < 1.29 is 14.7 Å². The first-order valence-corrected chi connectivity index (χ1v) is 10.1. The number of aromatic hydroxyl groups is 1. The average Bonchev–Trinajstić information content (AvgIpc) is 3.04. The predicted octanol–water partition coefficient (Wildman–Crippen LogP) is 4.20. The van der Waals surface area contributed by atoms with Gasteiger partial charge in [-0.05, 0) is 42.2 Å². The zero-order valence-electron chi connectivity index (χ0n) is 17.1. The number of nitrogens with one attached hydrogen (secondary N) is 1. The molecule has 0 radical (unpaired) electrons. The van der Waals surface area contributed by atoms with E-state index in [0.29, 0.717) is 29.8 Å². The number of phenolic OH excluding ortho intramolecular Hbond substituents is 1. The molecule has 1 heterocycles. The van der Waals surface area contributed by atoms with Crippen LogP contribution >= 0.6 is 0 Å². The van der Waals surface area contributed by atoms with Crippen LogP contribution < -0.4 is 5.32 Å². The summed E-state index contributed by atoms with van der Waals surface area (Å²) in [6, 6.07) is 20.4. The Hall–Kier alpha value is -3.60. The number of phenols is 1. The SMILES string of the molecule is CCNC(=O)C1c2ccc(O)c(C)c2C(=O)N1Cc1ccccc1-c1ccccc1. The monoisotopic (exact) mass is 400 g/mol. The van der Waals surface area contributed by atoms with E-state index in [-0.39, 0.29) is 17.6 Å². The Labute approximate surface area is 176 Å². The third kappa shape index (κ3) is 3.32. The van der Waals surface area contributed by atoms with E-state index in [1.54, 1.807) is 24.0 Å². The van der Waals surface area contributed by atoms with Crippen molar-refractivity contribution in [2.75, 3.05) is 6.54 Å². The summed E-state index contributed by atoms with van der Waals surface area (Å²) in [6.45, 7) is 4.33. The summed E-state index contributed by atoms with van der Waals surface area (Å²) in [5.41, 5.74) is 4.60. The van der Waals surface area contributed by atoms with E-state index >= 15 is 0 Å². The summed E-state index contributed by atoms with van der Waals surface area (Å²) in [4.78, 5) is 27.9. The lowest BCUT2D eigenvalue weighted by atomic mass is 9.98. The van der Waals surface area contributed by atoms with Crippen molar-refractivity contribution >= 4 is 11.8 Å². The van der Waals surface area contributed by atoms with Crippen molar-refractivity contribution in [2.24, 2.45) is 0 Å². The van der Waals surface area contributed by atoms with Crippen LogP contribution in [-0.4, -0.2) is 28.4 Å². The summed E-state index contributed by atoms with van der Waals surface area (Å²) in [5.74, 6) is -0.396. The van der Waals surface area contributed by atoms with Crippen LogP contribution in [-0.2, 0) is 11.3 Å². The van der Waals surface area contributed by atoms with Crippen molar-refractivity contribution in [2.45, 2.75) is 26.4 Å². The standard InChI is InChI=1S/C25H24N2O3/c1-3-26-24(29)23-20-13-14-21(28)16(2)22(20)25(30)27(23)15-18-11-7-8-12-19(18)17-9-5-4-6-10-17/h4-14,23,28H,3,15H2,1-2H3,(H,26,29). The van der Waals surface area contributed by atoms with E-state index in [1.807, 2.05) is 61.5 Å². The van der Waals surface area contributed by atoms with E-state index in [0.717, 1.165) is 16.7 Å². The van der Waals surface area contributed by atoms with Gasteiger partial charge in [0.2, 0.25) is 5.91 Å². The fourth-order valence-electron chi connectivity index (χ4n) is 4.12. The Kier molecular flexibility index (Phi) is 5.27. The number of nitrogens with zero attached hydrogens (tertiary/aromatic N) is 1. The van der Waals surface area contributed by atoms with E-state index in [4.69, 9.17) is 0 Å². The highest BCUT2D eigenvalue weighted by molar-refractivity contribution is 6.06. The lowest BCUT2D eigenvalue weighted by molar-refractivity contribution is -0.125. The quantitative estimate of drug-likeness (QED) is 0.674. The molecule has 0 aromatic heterocycles. The van der Waals surface area contributed by atoms with Gasteiger partial charge in [0.1, 0.15) is 11.8 Å². The molecule has 1 aliphatic rings. The maximum Gasteiger partial charge on any atom is 0.255 e. The molecule has 1 unspecified atom stereocenters. The number of rotatable bonds is 5. The molecular weight excluding hydrogens is 376 g/mol. The van der Waals surface area contributed by atoms with Gasteiger partial charge in [-0.2, -0.15) is 0 Å². The Morgan fingerprint density at radius 1 is 1.03 bits per heavy atom. The van der Waals surface area contributed by atoms with E-state index in [1.165, 1.54) is 0 Å². The largest absolute Gasteiger partial charge is 0.508 e. The van der Waals surface area contributed by atoms with Crippen molar-refractivity contribution in [1.29, 1.82) is 0 Å². The molecule has 0 saturated carbocycles. The second kappa shape index (κ2) is 8.03. The van der Waals surface area contributed by atoms with Crippen LogP contribution in [0.3, 0.4) is 0 Å². The normalized spacial score (nSPS) is 15.2. The van der Waals surface area contributed by atoms with Crippen LogP contribution in [0.15, 0.2) is 66.7 Å². The van der Waals surface area contributed by atoms with Gasteiger partial charge in [-0.15, -0.1) is 0 Å². The zero-order chi connectivity index (χ0) is 21.3. The van der Waals surface area contributed by atoms with Crippen LogP contribution in [0.4, 0.5) is 0 Å². The lowest BCUT2D eigenvalue weighted by Crippen LogP contribution is -2.38. The highest BCUT2D eigenvalue weighted by atomic mass is 16.3. The third-order valence-corrected chi connectivity index (χ3v) is 5.59. The van der Waals surface area contributed by atoms with Crippen molar-refractivity contribution in [1.82, 2.24) is 10.2 Å². The van der Waals surface area contributed by atoms with Gasteiger partial charge >= 0.3 is 0 Å². The number of amides is 2. The molecule has 152 valence electrons. The molecule has 0 aliphatic carbocycles. The first-order chi connectivity index (χ1) is 14.5. The summed E-state index contributed by atoms with van der Waals surface area (Å²) < 4.78 is 0. The second-order valence-electron chi connectivity index (χ2n) is 7.43. The minimum atomic E-state index is -0.726. The van der Waals surface area contributed by atoms with Gasteiger partial charge in [-0.3, -0.25) is 9.59 Å². The molecular formula is C25H24N2O3. The molecule has 0 fully saturated rings. The van der Waals surface area contributed by atoms with Crippen molar-refractivity contribution in [3.63, 3.8) is 0 Å². The van der Waals surface area contributed by atoms with Crippen LogP contribution in [0.5, 0.6) is 5.75 Å². The lowest BCUT2D eigenvalue weighted by Gasteiger charge is -2.25. The number of hydrogen-bond donors (Lipinski definition) is 2. The third-order valence-electron chi connectivity index (χ3n) is 5.59. The van der Waals surface area contributed by atoms with Crippen LogP contribution in [0.2, 0.25) is 0 Å². The Balaban J connectivity index is 1.78. The van der Waals surface area contributed by atoms with Crippen molar-refractivity contribution in [3.05, 3.63) is 89.0 Å². The van der Waals surface area contributed by atoms with Gasteiger partial charge in [0, 0.05) is 18.7 Å². The van der Waals surface area contributed by atoms with Crippen LogP contribution in [0.25, 0.3) is 11.1 Å². The summed E-state index contributed by atoms with van der Waals surface area (Å²) >= 11 is 0. The molecule has 3 aromatic carbocycles. The molecule has 1 atom stereocenters. The van der Waals surface area contributed by atoms with E-state index < -0.39 is 6.04 Å². The fourth-order valence-corrected chi connectivity index (χ4v) is 4.12. The minimum absolute atomic E-state index is 0.0586. The van der Waals surface area contributed by atoms with Gasteiger partial charge in [-0.25, -0.2) is 0 Å². The van der Waals surface area contributed by atoms with Crippen molar-refractivity contribution in [3.8, 4) is 16.9 Å². The maximum absolute atomic E-state index is 13.4. The Morgan fingerprint density at radius 3 is 2.47 bits per heavy atom. The molecule has 4 rings (SSSR count). The average molecular weight is 400 g/mol. The number of hydrogen-bond acceptors (Lipinski definition) is 3. The first kappa shape index (κ1) is 19.7. The first-order valence-electron chi connectivity index (χ1n) is 10.1. The van der Waals surface area contributed by atoms with Crippen LogP contribution in [0.1, 0.15) is 40.0 Å². The molecule has 30 heavy (non-hydrogen) atoms. The number of carbonyl (C=O) groups excluding carboxylic acids is 2. The number of carbonyl (C=O) groups is 2. The van der Waals surface area contributed by atoms with Gasteiger partial charge < -0.3 is 15.3 Å². The topological polar surface area (TPSA) is 69.6 Å². The number of likely N-dealkylation sites (N-methyl/N-ethyl adjacent to an activating group) is 1. The molecule has 2 N–H and O–H groups in total. The molecule has 5 nitrogen and oxygen atoms in total. The van der Waals surface area contributed by atoms with Crippen LogP contribution in [0, 0.1) is 6.92 Å².